The monoisotopic (exact) mass is 372 g/mol. The van der Waals surface area contributed by atoms with Gasteiger partial charge >= 0.3 is 0 Å². The minimum atomic E-state index is -3.81. The normalized spacial score (nSPS) is 13.8. The fourth-order valence-corrected chi connectivity index (χ4v) is 4.08. The molecule has 1 aliphatic heterocycles. The van der Waals surface area contributed by atoms with Gasteiger partial charge in [0.05, 0.1) is 4.90 Å². The van der Waals surface area contributed by atoms with Crippen LogP contribution in [0.4, 0.5) is 5.69 Å². The number of benzene rings is 2. The Morgan fingerprint density at radius 1 is 1.04 bits per heavy atom. The van der Waals surface area contributed by atoms with E-state index in [2.05, 4.69) is 4.72 Å². The van der Waals surface area contributed by atoms with Gasteiger partial charge in [-0.25, -0.2) is 8.42 Å². The van der Waals surface area contributed by atoms with E-state index in [0.717, 1.165) is 17.5 Å². The minimum Gasteiger partial charge on any atom is -0.338 e. The maximum absolute atomic E-state index is 12.6. The molecule has 2 aromatic rings. The number of amides is 1. The maximum atomic E-state index is 12.6. The van der Waals surface area contributed by atoms with Gasteiger partial charge in [-0.05, 0) is 48.7 Å². The highest BCUT2D eigenvalue weighted by Gasteiger charge is 2.20. The molecule has 0 radical (unpaired) electrons. The zero-order valence-corrected chi connectivity index (χ0v) is 15.5. The van der Waals surface area contributed by atoms with Gasteiger partial charge < -0.3 is 4.90 Å². The second kappa shape index (κ2) is 6.92. The number of nitrogens with one attached hydrogen (secondary N) is 1. The van der Waals surface area contributed by atoms with Crippen molar-refractivity contribution in [3.8, 4) is 0 Å². The predicted molar refractivity (Wildman–Crippen MR) is 98.5 cm³/mol. The Labute approximate surface area is 152 Å². The fraction of sp³-hybridized carbons (Fsp3) is 0.263. The summed E-state index contributed by atoms with van der Waals surface area (Å²) in [5, 5.41) is 0. The number of rotatable bonds is 4. The Kier molecular flexibility index (Phi) is 4.82. The highest BCUT2D eigenvalue weighted by atomic mass is 32.2. The standard InChI is InChI=1S/C19H20N2O4S/c1-13(22)16-4-3-5-19(11-16)26(24,25)20-18-7-6-15-8-9-21(14(2)23)12-17(15)10-18/h3-7,10-11,20H,8-9,12H2,1-2H3. The van der Waals surface area contributed by atoms with Gasteiger partial charge in [-0.1, -0.05) is 18.2 Å². The first-order valence-corrected chi connectivity index (χ1v) is 9.76. The van der Waals surface area contributed by atoms with E-state index in [1.54, 1.807) is 29.2 Å². The molecule has 0 spiro atoms. The number of Topliss-reactive ketones (excluding diaryl/α,β-unsaturated/α-hetero) is 1. The topological polar surface area (TPSA) is 83.6 Å². The smallest absolute Gasteiger partial charge is 0.261 e. The molecule has 0 bridgehead atoms. The van der Waals surface area contributed by atoms with Gasteiger partial charge in [-0.2, -0.15) is 0 Å². The first-order chi connectivity index (χ1) is 12.3. The SMILES string of the molecule is CC(=O)c1cccc(S(=O)(=O)Nc2ccc3c(c2)CN(C(C)=O)CC3)c1. The summed E-state index contributed by atoms with van der Waals surface area (Å²) in [6.45, 7) is 4.06. The van der Waals surface area contributed by atoms with Crippen LogP contribution in [0.2, 0.25) is 0 Å². The van der Waals surface area contributed by atoms with Crippen molar-refractivity contribution in [2.24, 2.45) is 0 Å². The number of anilines is 1. The van der Waals surface area contributed by atoms with E-state index in [9.17, 15) is 18.0 Å². The molecular formula is C19H20N2O4S. The van der Waals surface area contributed by atoms with Gasteiger partial charge in [-0.3, -0.25) is 14.3 Å². The Hall–Kier alpha value is -2.67. The number of ketones is 1. The summed E-state index contributed by atoms with van der Waals surface area (Å²) in [5.74, 6) is -0.192. The van der Waals surface area contributed by atoms with Crippen molar-refractivity contribution in [2.75, 3.05) is 11.3 Å². The molecule has 1 aliphatic rings. The molecule has 26 heavy (non-hydrogen) atoms. The third-order valence-corrected chi connectivity index (χ3v) is 5.85. The van der Waals surface area contributed by atoms with Crippen LogP contribution in [0.25, 0.3) is 0 Å². The van der Waals surface area contributed by atoms with E-state index in [-0.39, 0.29) is 16.6 Å². The van der Waals surface area contributed by atoms with Gasteiger partial charge in [0.25, 0.3) is 10.0 Å². The summed E-state index contributed by atoms with van der Waals surface area (Å²) in [7, 11) is -3.81. The Morgan fingerprint density at radius 3 is 2.50 bits per heavy atom. The van der Waals surface area contributed by atoms with Crippen LogP contribution < -0.4 is 4.72 Å². The zero-order valence-electron chi connectivity index (χ0n) is 14.7. The van der Waals surface area contributed by atoms with E-state index in [1.807, 2.05) is 6.07 Å². The van der Waals surface area contributed by atoms with Crippen LogP contribution in [0.15, 0.2) is 47.4 Å². The lowest BCUT2D eigenvalue weighted by atomic mass is 9.99. The molecule has 3 rings (SSSR count). The lowest BCUT2D eigenvalue weighted by Crippen LogP contribution is -2.34. The van der Waals surface area contributed by atoms with Gasteiger partial charge in [0.1, 0.15) is 0 Å². The zero-order chi connectivity index (χ0) is 18.9. The Morgan fingerprint density at radius 2 is 1.81 bits per heavy atom. The van der Waals surface area contributed by atoms with E-state index in [1.165, 1.54) is 26.0 Å². The minimum absolute atomic E-state index is 0.00248. The van der Waals surface area contributed by atoms with Crippen molar-refractivity contribution in [3.63, 3.8) is 0 Å². The average molecular weight is 372 g/mol. The highest BCUT2D eigenvalue weighted by molar-refractivity contribution is 7.92. The first-order valence-electron chi connectivity index (χ1n) is 8.27. The van der Waals surface area contributed by atoms with Crippen molar-refractivity contribution in [2.45, 2.75) is 31.7 Å². The molecule has 0 saturated heterocycles. The summed E-state index contributed by atoms with van der Waals surface area (Å²) in [5.41, 5.74) is 2.82. The molecule has 0 atom stereocenters. The maximum Gasteiger partial charge on any atom is 0.261 e. The van der Waals surface area contributed by atoms with Gasteiger partial charge in [0, 0.05) is 31.3 Å². The van der Waals surface area contributed by atoms with Crippen molar-refractivity contribution < 1.29 is 18.0 Å². The van der Waals surface area contributed by atoms with Crippen molar-refractivity contribution in [1.82, 2.24) is 4.90 Å². The third-order valence-electron chi connectivity index (χ3n) is 4.47. The summed E-state index contributed by atoms with van der Waals surface area (Å²) in [4.78, 5) is 24.8. The van der Waals surface area contributed by atoms with Gasteiger partial charge in [0.2, 0.25) is 5.91 Å². The molecule has 0 aromatic heterocycles. The summed E-state index contributed by atoms with van der Waals surface area (Å²) < 4.78 is 27.8. The Balaban J connectivity index is 1.87. The van der Waals surface area contributed by atoms with Crippen molar-refractivity contribution in [1.29, 1.82) is 0 Å². The number of carbonyl (C=O) groups excluding carboxylic acids is 2. The van der Waals surface area contributed by atoms with Crippen molar-refractivity contribution in [3.05, 3.63) is 59.2 Å². The second-order valence-corrected chi connectivity index (χ2v) is 8.05. The quantitative estimate of drug-likeness (QED) is 0.836. The highest BCUT2D eigenvalue weighted by Crippen LogP contribution is 2.24. The van der Waals surface area contributed by atoms with Crippen LogP contribution >= 0.6 is 0 Å². The number of fused-ring (bicyclic) bond motifs is 1. The fourth-order valence-electron chi connectivity index (χ4n) is 2.99. The number of sulfonamides is 1. The Bertz CT molecular complexity index is 983. The molecule has 0 fully saturated rings. The van der Waals surface area contributed by atoms with Crippen LogP contribution in [-0.4, -0.2) is 31.6 Å². The summed E-state index contributed by atoms with van der Waals surface area (Å²) in [6, 6.07) is 11.3. The summed E-state index contributed by atoms with van der Waals surface area (Å²) in [6.07, 6.45) is 0.753. The second-order valence-electron chi connectivity index (χ2n) is 6.36. The van der Waals surface area contributed by atoms with Gasteiger partial charge in [0.15, 0.2) is 5.78 Å². The molecule has 136 valence electrons. The van der Waals surface area contributed by atoms with Crippen LogP contribution in [0.3, 0.4) is 0 Å². The van der Waals surface area contributed by atoms with Gasteiger partial charge in [-0.15, -0.1) is 0 Å². The molecule has 6 nitrogen and oxygen atoms in total. The van der Waals surface area contributed by atoms with E-state index in [0.29, 0.717) is 24.3 Å². The third kappa shape index (κ3) is 3.77. The van der Waals surface area contributed by atoms with Crippen LogP contribution in [-0.2, 0) is 27.8 Å². The predicted octanol–water partition coefficient (Wildman–Crippen LogP) is 2.59. The molecule has 0 aliphatic carbocycles. The summed E-state index contributed by atoms with van der Waals surface area (Å²) >= 11 is 0. The number of hydrogen-bond acceptors (Lipinski definition) is 4. The van der Waals surface area contributed by atoms with E-state index >= 15 is 0 Å². The van der Waals surface area contributed by atoms with Crippen LogP contribution in [0, 0.1) is 0 Å². The number of carbonyl (C=O) groups is 2. The first kappa shape index (κ1) is 18.1. The van der Waals surface area contributed by atoms with Crippen LogP contribution in [0.1, 0.15) is 35.3 Å². The van der Waals surface area contributed by atoms with Crippen molar-refractivity contribution >= 4 is 27.4 Å². The van der Waals surface area contributed by atoms with E-state index < -0.39 is 10.0 Å². The molecule has 1 amide bonds. The molecular weight excluding hydrogens is 352 g/mol. The molecule has 2 aromatic carbocycles. The van der Waals surface area contributed by atoms with Crippen LogP contribution in [0.5, 0.6) is 0 Å². The lowest BCUT2D eigenvalue weighted by Gasteiger charge is -2.28. The molecule has 1 N–H and O–H groups in total. The largest absolute Gasteiger partial charge is 0.338 e. The molecule has 0 saturated carbocycles. The molecule has 1 heterocycles. The average Bonchev–Trinajstić information content (AvgIpc) is 2.60. The molecule has 0 unspecified atom stereocenters. The lowest BCUT2D eigenvalue weighted by molar-refractivity contribution is -0.129. The number of nitrogens with zero attached hydrogens (tertiary/aromatic N) is 1. The van der Waals surface area contributed by atoms with E-state index in [4.69, 9.17) is 0 Å². The molecule has 7 heteroatoms. The number of hydrogen-bond donors (Lipinski definition) is 1.